The molecule has 0 aliphatic carbocycles. The van der Waals surface area contributed by atoms with Gasteiger partial charge in [0.1, 0.15) is 11.4 Å². The number of unbranched alkanes of at least 4 members (excludes halogenated alkanes) is 2. The van der Waals surface area contributed by atoms with E-state index in [2.05, 4.69) is 4.72 Å². The Kier molecular flexibility index (Phi) is 4.94. The quantitative estimate of drug-likeness (QED) is 0.672. The molecule has 3 rings (SSSR count). The molecule has 3 N–H and O–H groups in total. The summed E-state index contributed by atoms with van der Waals surface area (Å²) in [7, 11) is -3.96. The average Bonchev–Trinajstić information content (AvgIpc) is 2.84. The molecule has 2 aromatic carbocycles. The number of phenolic OH excluding ortho intramolecular Hbond substituents is 1. The molecule has 0 bridgehead atoms. The number of fused-ring (bicyclic) bond motifs is 1. The van der Waals surface area contributed by atoms with Crippen molar-refractivity contribution in [2.24, 2.45) is 0 Å². The average molecular weight is 364 g/mol. The van der Waals surface area contributed by atoms with Crippen LogP contribution in [0, 0.1) is 0 Å². The third-order valence-corrected chi connectivity index (χ3v) is 5.60. The maximum absolute atomic E-state index is 12.0. The summed E-state index contributed by atoms with van der Waals surface area (Å²) in [5.74, 6) is -0.890. The van der Waals surface area contributed by atoms with Gasteiger partial charge in [-0.3, -0.25) is 4.79 Å². The van der Waals surface area contributed by atoms with E-state index in [1.54, 1.807) is 0 Å². The highest BCUT2D eigenvalue weighted by atomic mass is 32.2. The zero-order valence-electron chi connectivity index (χ0n) is 13.6. The Hall–Kier alpha value is -2.16. The summed E-state index contributed by atoms with van der Waals surface area (Å²) in [5.41, 5.74) is 1.04. The summed E-state index contributed by atoms with van der Waals surface area (Å²) in [6.07, 6.45) is 3.49. The van der Waals surface area contributed by atoms with Gasteiger partial charge in [-0.05, 0) is 47.7 Å². The molecule has 25 heavy (non-hydrogen) atoms. The molecule has 0 spiro atoms. The number of aliphatic hydroxyl groups is 1. The fourth-order valence-corrected chi connectivity index (χ4v) is 4.12. The van der Waals surface area contributed by atoms with Crippen molar-refractivity contribution in [3.05, 3.63) is 35.9 Å². The Morgan fingerprint density at radius 1 is 1.08 bits per heavy atom. The second-order valence-electron chi connectivity index (χ2n) is 6.04. The smallest absolute Gasteiger partial charge is 0.308 e. The number of hydrogen-bond donors (Lipinski definition) is 3. The first-order valence-corrected chi connectivity index (χ1v) is 9.55. The largest absolute Gasteiger partial charge is 0.506 e. The fraction of sp³-hybridized carbons (Fsp3) is 0.353. The van der Waals surface area contributed by atoms with E-state index in [9.17, 15) is 18.3 Å². The van der Waals surface area contributed by atoms with Crippen LogP contribution in [0.1, 0.15) is 24.8 Å². The van der Waals surface area contributed by atoms with E-state index >= 15 is 0 Å². The maximum atomic E-state index is 12.0. The lowest BCUT2D eigenvalue weighted by Gasteiger charge is -2.16. The summed E-state index contributed by atoms with van der Waals surface area (Å²) in [6.45, 7) is -0.128. The van der Waals surface area contributed by atoms with Crippen LogP contribution in [0.5, 0.6) is 5.75 Å². The summed E-state index contributed by atoms with van der Waals surface area (Å²) >= 11 is 0. The van der Waals surface area contributed by atoms with Gasteiger partial charge in [0.05, 0.1) is 6.54 Å². The van der Waals surface area contributed by atoms with Gasteiger partial charge in [0, 0.05) is 6.61 Å². The molecule has 2 aromatic rings. The SMILES string of the molecule is O=C1CNS(=O)(=O)N1c1cc2cc(CCCCCO)ccc2cc1O. The van der Waals surface area contributed by atoms with Crippen molar-refractivity contribution in [3.8, 4) is 5.75 Å². The molecule has 7 nitrogen and oxygen atoms in total. The van der Waals surface area contributed by atoms with Crippen molar-refractivity contribution in [3.63, 3.8) is 0 Å². The molecule has 134 valence electrons. The van der Waals surface area contributed by atoms with Crippen molar-refractivity contribution >= 4 is 32.6 Å². The van der Waals surface area contributed by atoms with Gasteiger partial charge < -0.3 is 10.2 Å². The molecule has 1 fully saturated rings. The van der Waals surface area contributed by atoms with Crippen LogP contribution in [0.3, 0.4) is 0 Å². The minimum Gasteiger partial charge on any atom is -0.506 e. The number of nitrogens with zero attached hydrogens (tertiary/aromatic N) is 1. The van der Waals surface area contributed by atoms with Gasteiger partial charge in [0.2, 0.25) is 0 Å². The molecule has 1 heterocycles. The molecule has 0 saturated carbocycles. The molecule has 0 atom stereocenters. The zero-order chi connectivity index (χ0) is 18.0. The van der Waals surface area contributed by atoms with Crippen molar-refractivity contribution in [1.82, 2.24) is 4.72 Å². The lowest BCUT2D eigenvalue weighted by Crippen LogP contribution is -2.31. The van der Waals surface area contributed by atoms with Crippen LogP contribution < -0.4 is 9.03 Å². The van der Waals surface area contributed by atoms with E-state index < -0.39 is 16.1 Å². The second kappa shape index (κ2) is 6.99. The number of phenols is 1. The van der Waals surface area contributed by atoms with Crippen LogP contribution in [0.2, 0.25) is 0 Å². The van der Waals surface area contributed by atoms with Gasteiger partial charge in [-0.15, -0.1) is 0 Å². The Bertz CT molecular complexity index is 911. The van der Waals surface area contributed by atoms with Gasteiger partial charge in [-0.1, -0.05) is 24.6 Å². The highest BCUT2D eigenvalue weighted by Crippen LogP contribution is 2.35. The number of nitrogens with one attached hydrogen (secondary N) is 1. The number of carbonyl (C=O) groups excluding carboxylic acids is 1. The first-order chi connectivity index (χ1) is 11.9. The van der Waals surface area contributed by atoms with Gasteiger partial charge in [-0.25, -0.2) is 0 Å². The van der Waals surface area contributed by atoms with Crippen molar-refractivity contribution < 1.29 is 23.4 Å². The second-order valence-corrected chi connectivity index (χ2v) is 7.64. The number of rotatable bonds is 6. The number of hydrogen-bond acceptors (Lipinski definition) is 5. The fourth-order valence-electron chi connectivity index (χ4n) is 2.95. The van der Waals surface area contributed by atoms with Gasteiger partial charge in [0.15, 0.2) is 0 Å². The van der Waals surface area contributed by atoms with Gasteiger partial charge in [0.25, 0.3) is 5.91 Å². The van der Waals surface area contributed by atoms with E-state index in [1.807, 2.05) is 18.2 Å². The third-order valence-electron chi connectivity index (χ3n) is 4.21. The molecule has 8 heteroatoms. The molecule has 0 unspecified atom stereocenters. The molecule has 1 amide bonds. The van der Waals surface area contributed by atoms with Gasteiger partial charge >= 0.3 is 10.2 Å². The van der Waals surface area contributed by atoms with Gasteiger partial charge in [-0.2, -0.15) is 17.4 Å². The predicted molar refractivity (Wildman–Crippen MR) is 94.7 cm³/mol. The number of aliphatic hydroxyl groups excluding tert-OH is 1. The number of anilines is 1. The monoisotopic (exact) mass is 364 g/mol. The molecule has 1 saturated heterocycles. The third kappa shape index (κ3) is 3.60. The summed E-state index contributed by atoms with van der Waals surface area (Å²) in [4.78, 5) is 11.9. The van der Waals surface area contributed by atoms with Crippen molar-refractivity contribution in [2.75, 3.05) is 17.5 Å². The Balaban J connectivity index is 1.95. The van der Waals surface area contributed by atoms with E-state index in [0.29, 0.717) is 4.31 Å². The Labute approximate surface area is 146 Å². The molecule has 1 aliphatic rings. The zero-order valence-corrected chi connectivity index (χ0v) is 14.4. The minimum absolute atomic E-state index is 0.0417. The summed E-state index contributed by atoms with van der Waals surface area (Å²) < 4.78 is 26.7. The topological polar surface area (TPSA) is 107 Å². The normalized spacial score (nSPS) is 16.7. The summed E-state index contributed by atoms with van der Waals surface area (Å²) in [6, 6.07) is 8.72. The van der Waals surface area contributed by atoms with Crippen LogP contribution >= 0.6 is 0 Å². The Morgan fingerprint density at radius 2 is 1.88 bits per heavy atom. The standard InChI is InChI=1S/C17H20N2O5S/c20-7-3-1-2-4-12-5-6-13-10-16(21)15(9-14(13)8-12)19-17(22)11-18-25(19,23)24/h5-6,8-10,18,20-21H,1-4,7,11H2. The Morgan fingerprint density at radius 3 is 2.56 bits per heavy atom. The lowest BCUT2D eigenvalue weighted by molar-refractivity contribution is -0.115. The van der Waals surface area contributed by atoms with E-state index in [1.165, 1.54) is 12.1 Å². The first-order valence-electron chi connectivity index (χ1n) is 8.11. The molecule has 0 aromatic heterocycles. The number of carbonyl (C=O) groups is 1. The molecule has 1 aliphatic heterocycles. The summed E-state index contributed by atoms with van der Waals surface area (Å²) in [5, 5.41) is 20.5. The molecular weight excluding hydrogens is 344 g/mol. The number of aromatic hydroxyl groups is 1. The van der Waals surface area contributed by atoms with Crippen LogP contribution in [0.4, 0.5) is 5.69 Å². The van der Waals surface area contributed by atoms with E-state index in [-0.39, 0.29) is 24.6 Å². The van der Waals surface area contributed by atoms with Crippen LogP contribution in [0.15, 0.2) is 30.3 Å². The van der Waals surface area contributed by atoms with Crippen molar-refractivity contribution in [2.45, 2.75) is 25.7 Å². The molecule has 0 radical (unpaired) electrons. The van der Waals surface area contributed by atoms with Crippen LogP contribution in [-0.4, -0.2) is 37.7 Å². The predicted octanol–water partition coefficient (Wildman–Crippen LogP) is 1.43. The number of amides is 1. The highest BCUT2D eigenvalue weighted by molar-refractivity contribution is 7.92. The molecular formula is C17H20N2O5S. The lowest BCUT2D eigenvalue weighted by atomic mass is 10.0. The van der Waals surface area contributed by atoms with E-state index in [0.717, 1.165) is 42.0 Å². The van der Waals surface area contributed by atoms with E-state index in [4.69, 9.17) is 5.11 Å². The van der Waals surface area contributed by atoms with Crippen LogP contribution in [-0.2, 0) is 21.4 Å². The number of aryl methyl sites for hydroxylation is 1. The highest BCUT2D eigenvalue weighted by Gasteiger charge is 2.37. The van der Waals surface area contributed by atoms with Crippen molar-refractivity contribution in [1.29, 1.82) is 0 Å². The maximum Gasteiger partial charge on any atom is 0.308 e. The minimum atomic E-state index is -3.96. The number of benzene rings is 2. The first kappa shape index (κ1) is 17.7. The van der Waals surface area contributed by atoms with Crippen LogP contribution in [0.25, 0.3) is 10.8 Å².